The van der Waals surface area contributed by atoms with Gasteiger partial charge in [0.2, 0.25) is 0 Å². The van der Waals surface area contributed by atoms with Gasteiger partial charge in [-0.25, -0.2) is 0 Å². The number of hydrogen-bond acceptors (Lipinski definition) is 2. The zero-order valence-corrected chi connectivity index (χ0v) is 14.8. The third-order valence-corrected chi connectivity index (χ3v) is 9.14. The third kappa shape index (κ3) is 2.49. The van der Waals surface area contributed by atoms with Crippen LogP contribution in [0, 0.1) is 0 Å². The fraction of sp³-hybridized carbons (Fsp3) is 0. The highest BCUT2D eigenvalue weighted by Crippen LogP contribution is 2.44. The molecule has 0 spiro atoms. The number of para-hydroxylation sites is 1. The van der Waals surface area contributed by atoms with Crippen LogP contribution in [0.15, 0.2) is 97.2 Å². The van der Waals surface area contributed by atoms with Crippen LogP contribution in [0.5, 0.6) is 0 Å². The molecule has 1 nitrogen and oxygen atoms in total. The predicted molar refractivity (Wildman–Crippen MR) is 108 cm³/mol. The van der Waals surface area contributed by atoms with Gasteiger partial charge in [-0.1, -0.05) is 96.7 Å². The van der Waals surface area contributed by atoms with E-state index in [-0.39, 0.29) is 0 Å². The fourth-order valence-corrected chi connectivity index (χ4v) is 7.04. The first-order valence-electron chi connectivity index (χ1n) is 7.86. The summed E-state index contributed by atoms with van der Waals surface area (Å²) in [6, 6.07) is 29.2. The quantitative estimate of drug-likeness (QED) is 0.521. The van der Waals surface area contributed by atoms with Crippen LogP contribution in [0.2, 0.25) is 0 Å². The molecule has 0 amide bonds. The molecular formula is C21H16NPS. The molecule has 0 radical (unpaired) electrons. The van der Waals surface area contributed by atoms with Gasteiger partial charge in [0.25, 0.3) is 0 Å². The van der Waals surface area contributed by atoms with Gasteiger partial charge >= 0.3 is 0 Å². The van der Waals surface area contributed by atoms with E-state index in [4.69, 9.17) is 11.8 Å². The largest absolute Gasteiger partial charge is 0.256 e. The summed E-state index contributed by atoms with van der Waals surface area (Å²) < 4.78 is 0. The molecule has 0 aliphatic carbocycles. The normalized spacial score (nSPS) is 11.5. The van der Waals surface area contributed by atoms with E-state index in [2.05, 4.69) is 77.8 Å². The Bertz CT molecular complexity index is 980. The number of aromatic nitrogens is 1. The average Bonchev–Trinajstić information content (AvgIpc) is 2.68. The highest BCUT2D eigenvalue weighted by atomic mass is 32.4. The Labute approximate surface area is 147 Å². The van der Waals surface area contributed by atoms with Crippen LogP contribution in [-0.4, -0.2) is 4.98 Å². The van der Waals surface area contributed by atoms with Crippen molar-refractivity contribution < 1.29 is 0 Å². The molecule has 0 fully saturated rings. The summed E-state index contributed by atoms with van der Waals surface area (Å²) in [5, 5.41) is 4.69. The van der Waals surface area contributed by atoms with Crippen molar-refractivity contribution in [3.63, 3.8) is 0 Å². The Morgan fingerprint density at radius 2 is 1.21 bits per heavy atom. The Balaban J connectivity index is 2.09. The lowest BCUT2D eigenvalue weighted by Crippen LogP contribution is -2.25. The molecule has 0 saturated heterocycles. The van der Waals surface area contributed by atoms with Gasteiger partial charge in [0.1, 0.15) is 0 Å². The summed E-state index contributed by atoms with van der Waals surface area (Å²) in [5.41, 5.74) is 1.01. The zero-order valence-electron chi connectivity index (χ0n) is 13.0. The van der Waals surface area contributed by atoms with E-state index in [0.29, 0.717) is 0 Å². The molecule has 0 aliphatic heterocycles. The van der Waals surface area contributed by atoms with Gasteiger partial charge in [0.05, 0.1) is 5.52 Å². The van der Waals surface area contributed by atoms with E-state index in [1.807, 2.05) is 24.4 Å². The Morgan fingerprint density at radius 1 is 0.625 bits per heavy atom. The van der Waals surface area contributed by atoms with E-state index >= 15 is 0 Å². The van der Waals surface area contributed by atoms with Gasteiger partial charge in [-0.3, -0.25) is 4.98 Å². The molecule has 0 atom stereocenters. The molecule has 1 aromatic heterocycles. The fourth-order valence-electron chi connectivity index (χ4n) is 3.05. The molecule has 4 aromatic rings. The first kappa shape index (κ1) is 15.3. The molecule has 4 rings (SSSR count). The highest BCUT2D eigenvalue weighted by Gasteiger charge is 2.26. The van der Waals surface area contributed by atoms with Gasteiger partial charge in [-0.15, -0.1) is 0 Å². The van der Waals surface area contributed by atoms with Crippen LogP contribution in [0.4, 0.5) is 0 Å². The van der Waals surface area contributed by atoms with Crippen LogP contribution in [-0.2, 0) is 11.8 Å². The van der Waals surface area contributed by atoms with E-state index < -0.39 is 6.04 Å². The summed E-state index contributed by atoms with van der Waals surface area (Å²) in [6.45, 7) is 0. The second-order valence-electron chi connectivity index (χ2n) is 5.63. The molecule has 24 heavy (non-hydrogen) atoms. The lowest BCUT2D eigenvalue weighted by Gasteiger charge is -2.25. The second-order valence-corrected chi connectivity index (χ2v) is 10.0. The number of pyridine rings is 1. The second kappa shape index (κ2) is 6.32. The molecule has 0 N–H and O–H groups in total. The Kier molecular flexibility index (Phi) is 4.02. The molecule has 0 unspecified atom stereocenters. The molecule has 3 heteroatoms. The zero-order chi connectivity index (χ0) is 16.4. The van der Waals surface area contributed by atoms with Crippen LogP contribution in [0.25, 0.3) is 10.9 Å². The maximum Gasteiger partial charge on any atom is 0.0792 e. The van der Waals surface area contributed by atoms with Crippen molar-refractivity contribution in [1.82, 2.24) is 4.98 Å². The predicted octanol–water partition coefficient (Wildman–Crippen LogP) is 3.99. The first-order chi connectivity index (χ1) is 11.8. The Hall–Kier alpha value is -2.28. The number of rotatable bonds is 3. The minimum atomic E-state index is -2.15. The van der Waals surface area contributed by atoms with Crippen molar-refractivity contribution in [2.45, 2.75) is 0 Å². The number of nitrogens with zero attached hydrogens (tertiary/aromatic N) is 1. The lowest BCUT2D eigenvalue weighted by atomic mass is 10.2. The maximum atomic E-state index is 6.40. The summed E-state index contributed by atoms with van der Waals surface area (Å²) in [7, 11) is 0. The summed E-state index contributed by atoms with van der Waals surface area (Å²) in [4.78, 5) is 4.66. The van der Waals surface area contributed by atoms with Crippen LogP contribution in [0.1, 0.15) is 0 Å². The SMILES string of the molecule is S=P(c1ccccc1)(c1ccccc1)c1cccc2cccnc12. The van der Waals surface area contributed by atoms with Crippen LogP contribution >= 0.6 is 6.04 Å². The summed E-state index contributed by atoms with van der Waals surface area (Å²) in [5.74, 6) is 0. The number of benzene rings is 3. The minimum absolute atomic E-state index is 1.01. The van der Waals surface area contributed by atoms with Crippen LogP contribution < -0.4 is 15.9 Å². The Morgan fingerprint density at radius 3 is 1.83 bits per heavy atom. The van der Waals surface area contributed by atoms with Crippen molar-refractivity contribution in [3.8, 4) is 0 Å². The first-order valence-corrected chi connectivity index (χ1v) is 10.7. The highest BCUT2D eigenvalue weighted by molar-refractivity contribution is 8.25. The average molecular weight is 345 g/mol. The van der Waals surface area contributed by atoms with E-state index in [0.717, 1.165) is 16.2 Å². The number of hydrogen-bond donors (Lipinski definition) is 0. The molecule has 0 aliphatic rings. The molecule has 3 aromatic carbocycles. The molecule has 0 bridgehead atoms. The standard InChI is InChI=1S/C21H16NPS/c24-23(18-11-3-1-4-12-18,19-13-5-2-6-14-19)20-15-7-9-17-10-8-16-22-21(17)20/h1-16H. The van der Waals surface area contributed by atoms with Gasteiger partial charge < -0.3 is 0 Å². The smallest absolute Gasteiger partial charge is 0.0792 e. The van der Waals surface area contributed by atoms with Gasteiger partial charge in [-0.05, 0) is 16.7 Å². The summed E-state index contributed by atoms with van der Waals surface area (Å²) in [6.07, 6.45) is 1.85. The number of fused-ring (bicyclic) bond motifs is 1. The topological polar surface area (TPSA) is 12.9 Å². The van der Waals surface area contributed by atoms with Crippen molar-refractivity contribution in [1.29, 1.82) is 0 Å². The molecule has 1 heterocycles. The van der Waals surface area contributed by atoms with Gasteiger partial charge in [0, 0.05) is 22.9 Å². The molecule has 116 valence electrons. The van der Waals surface area contributed by atoms with Crippen molar-refractivity contribution in [2.24, 2.45) is 0 Å². The van der Waals surface area contributed by atoms with E-state index in [9.17, 15) is 0 Å². The van der Waals surface area contributed by atoms with E-state index in [1.165, 1.54) is 10.6 Å². The van der Waals surface area contributed by atoms with Gasteiger partial charge in [-0.2, -0.15) is 0 Å². The van der Waals surface area contributed by atoms with Crippen molar-refractivity contribution in [2.75, 3.05) is 0 Å². The minimum Gasteiger partial charge on any atom is -0.256 e. The van der Waals surface area contributed by atoms with Crippen molar-refractivity contribution >= 4 is 44.7 Å². The van der Waals surface area contributed by atoms with Gasteiger partial charge in [0.15, 0.2) is 0 Å². The van der Waals surface area contributed by atoms with E-state index in [1.54, 1.807) is 0 Å². The summed E-state index contributed by atoms with van der Waals surface area (Å²) >= 11 is 6.40. The van der Waals surface area contributed by atoms with Crippen molar-refractivity contribution in [3.05, 3.63) is 97.2 Å². The lowest BCUT2D eigenvalue weighted by molar-refractivity contribution is 1.42. The van der Waals surface area contributed by atoms with Crippen LogP contribution in [0.3, 0.4) is 0 Å². The monoisotopic (exact) mass is 345 g/mol. The molecular weight excluding hydrogens is 329 g/mol. The molecule has 0 saturated carbocycles. The maximum absolute atomic E-state index is 6.40. The third-order valence-electron chi connectivity index (χ3n) is 4.19.